The Labute approximate surface area is 101 Å². The molecule has 17 heavy (non-hydrogen) atoms. The van der Waals surface area contributed by atoms with E-state index in [1.807, 2.05) is 6.07 Å². The van der Waals surface area contributed by atoms with Crippen LogP contribution < -0.4 is 15.2 Å². The first-order valence-electron chi connectivity index (χ1n) is 5.61. The molecule has 2 rings (SSSR count). The van der Waals surface area contributed by atoms with Crippen LogP contribution in [0.1, 0.15) is 28.8 Å². The van der Waals surface area contributed by atoms with Gasteiger partial charge in [-0.25, -0.2) is 0 Å². The number of ether oxygens (including phenoxy) is 2. The molecular formula is C13H17NO3. The van der Waals surface area contributed by atoms with Crippen LogP contribution in [0.15, 0.2) is 12.1 Å². The highest BCUT2D eigenvalue weighted by molar-refractivity contribution is 5.81. The van der Waals surface area contributed by atoms with Crippen molar-refractivity contribution in [2.75, 3.05) is 14.2 Å². The predicted octanol–water partition coefficient (Wildman–Crippen LogP) is 1.55. The summed E-state index contributed by atoms with van der Waals surface area (Å²) in [6, 6.07) is 3.63. The van der Waals surface area contributed by atoms with E-state index >= 15 is 0 Å². The standard InChI is InChI=1S/C13H17NO3/c1-16-11-9(7-13(14)5-6-13)3-4-10(8-15)12(11)17-2/h3-4,8H,5-7,14H2,1-2H3. The molecule has 4 heteroatoms. The molecule has 1 saturated carbocycles. The Bertz CT molecular complexity index is 439. The second kappa shape index (κ2) is 4.37. The zero-order valence-corrected chi connectivity index (χ0v) is 10.2. The van der Waals surface area contributed by atoms with Gasteiger partial charge in [0.15, 0.2) is 17.8 Å². The Balaban J connectivity index is 2.41. The SMILES string of the molecule is COc1c(C=O)ccc(CC2(N)CC2)c1OC. The zero-order valence-electron chi connectivity index (χ0n) is 10.2. The van der Waals surface area contributed by atoms with Crippen molar-refractivity contribution in [3.63, 3.8) is 0 Å². The molecule has 1 aromatic rings. The van der Waals surface area contributed by atoms with E-state index in [1.165, 1.54) is 7.11 Å². The molecule has 0 radical (unpaired) electrons. The molecule has 0 amide bonds. The maximum absolute atomic E-state index is 10.9. The average Bonchev–Trinajstić information content (AvgIpc) is 3.06. The number of rotatable bonds is 5. The minimum atomic E-state index is -0.0962. The van der Waals surface area contributed by atoms with Gasteiger partial charge in [0.1, 0.15) is 0 Å². The summed E-state index contributed by atoms with van der Waals surface area (Å²) in [6.45, 7) is 0. The number of nitrogens with two attached hydrogens (primary N) is 1. The van der Waals surface area contributed by atoms with Crippen LogP contribution in [0.2, 0.25) is 0 Å². The lowest BCUT2D eigenvalue weighted by Gasteiger charge is -2.16. The van der Waals surface area contributed by atoms with Gasteiger partial charge in [0.05, 0.1) is 19.8 Å². The van der Waals surface area contributed by atoms with Crippen molar-refractivity contribution in [2.24, 2.45) is 5.73 Å². The lowest BCUT2D eigenvalue weighted by atomic mass is 10.0. The highest BCUT2D eigenvalue weighted by Gasteiger charge is 2.39. The van der Waals surface area contributed by atoms with Crippen molar-refractivity contribution in [1.82, 2.24) is 0 Å². The highest BCUT2D eigenvalue weighted by atomic mass is 16.5. The van der Waals surface area contributed by atoms with Crippen LogP contribution in [0.3, 0.4) is 0 Å². The van der Waals surface area contributed by atoms with Gasteiger partial charge in [0, 0.05) is 5.54 Å². The second-order valence-corrected chi connectivity index (χ2v) is 4.54. The topological polar surface area (TPSA) is 61.5 Å². The van der Waals surface area contributed by atoms with Gasteiger partial charge in [-0.15, -0.1) is 0 Å². The summed E-state index contributed by atoms with van der Waals surface area (Å²) in [5, 5.41) is 0. The molecule has 0 bridgehead atoms. The monoisotopic (exact) mass is 235 g/mol. The van der Waals surface area contributed by atoms with E-state index in [0.717, 1.165) is 31.1 Å². The van der Waals surface area contributed by atoms with Crippen LogP contribution in [0, 0.1) is 0 Å². The number of hydrogen-bond donors (Lipinski definition) is 1. The number of benzene rings is 1. The fourth-order valence-corrected chi connectivity index (χ4v) is 2.00. The van der Waals surface area contributed by atoms with Crippen molar-refractivity contribution in [3.05, 3.63) is 23.3 Å². The second-order valence-electron chi connectivity index (χ2n) is 4.54. The molecule has 0 heterocycles. The van der Waals surface area contributed by atoms with E-state index in [0.29, 0.717) is 17.1 Å². The van der Waals surface area contributed by atoms with E-state index in [9.17, 15) is 4.79 Å². The first-order valence-corrected chi connectivity index (χ1v) is 5.61. The molecule has 0 atom stereocenters. The number of carbonyl (C=O) groups is 1. The molecule has 0 saturated heterocycles. The fourth-order valence-electron chi connectivity index (χ4n) is 2.00. The molecule has 0 spiro atoms. The first kappa shape index (κ1) is 11.9. The van der Waals surface area contributed by atoms with Crippen LogP contribution in [0.25, 0.3) is 0 Å². The summed E-state index contributed by atoms with van der Waals surface area (Å²) in [7, 11) is 3.11. The van der Waals surface area contributed by atoms with Crippen molar-refractivity contribution in [2.45, 2.75) is 24.8 Å². The number of hydrogen-bond acceptors (Lipinski definition) is 4. The van der Waals surface area contributed by atoms with Crippen molar-refractivity contribution in [1.29, 1.82) is 0 Å². The zero-order chi connectivity index (χ0) is 12.5. The lowest BCUT2D eigenvalue weighted by Crippen LogP contribution is -2.24. The Morgan fingerprint density at radius 3 is 2.41 bits per heavy atom. The van der Waals surface area contributed by atoms with Crippen LogP contribution in [-0.4, -0.2) is 26.0 Å². The minimum Gasteiger partial charge on any atom is -0.493 e. The maximum atomic E-state index is 10.9. The van der Waals surface area contributed by atoms with Crippen molar-refractivity contribution >= 4 is 6.29 Å². The summed E-state index contributed by atoms with van der Waals surface area (Å²) in [5.74, 6) is 1.11. The third kappa shape index (κ3) is 2.26. The average molecular weight is 235 g/mol. The van der Waals surface area contributed by atoms with Gasteiger partial charge < -0.3 is 15.2 Å². The number of carbonyl (C=O) groups excluding carboxylic acids is 1. The predicted molar refractivity (Wildman–Crippen MR) is 64.8 cm³/mol. The highest BCUT2D eigenvalue weighted by Crippen LogP contribution is 2.41. The van der Waals surface area contributed by atoms with Crippen molar-refractivity contribution in [3.8, 4) is 11.5 Å². The maximum Gasteiger partial charge on any atom is 0.171 e. The third-order valence-corrected chi connectivity index (χ3v) is 3.19. The smallest absolute Gasteiger partial charge is 0.171 e. The van der Waals surface area contributed by atoms with E-state index < -0.39 is 0 Å². The molecule has 1 aromatic carbocycles. The first-order chi connectivity index (χ1) is 8.13. The molecule has 4 nitrogen and oxygen atoms in total. The van der Waals surface area contributed by atoms with Gasteiger partial charge in [-0.05, 0) is 30.9 Å². The molecule has 1 aliphatic carbocycles. The van der Waals surface area contributed by atoms with Gasteiger partial charge in [0.25, 0.3) is 0 Å². The van der Waals surface area contributed by atoms with Crippen LogP contribution in [0.5, 0.6) is 11.5 Å². The molecule has 0 aliphatic heterocycles. The fraction of sp³-hybridized carbons (Fsp3) is 0.462. The van der Waals surface area contributed by atoms with E-state index in [4.69, 9.17) is 15.2 Å². The Kier molecular flexibility index (Phi) is 3.07. The van der Waals surface area contributed by atoms with Crippen molar-refractivity contribution < 1.29 is 14.3 Å². The molecule has 2 N–H and O–H groups in total. The summed E-state index contributed by atoms with van der Waals surface area (Å²) in [5.41, 5.74) is 7.49. The van der Waals surface area contributed by atoms with E-state index in [1.54, 1.807) is 13.2 Å². The minimum absolute atomic E-state index is 0.0962. The molecule has 0 unspecified atom stereocenters. The van der Waals surface area contributed by atoms with Crippen LogP contribution >= 0.6 is 0 Å². The molecule has 1 aliphatic rings. The third-order valence-electron chi connectivity index (χ3n) is 3.19. The van der Waals surface area contributed by atoms with Gasteiger partial charge in [-0.3, -0.25) is 4.79 Å². The van der Waals surface area contributed by atoms with Gasteiger partial charge in [-0.2, -0.15) is 0 Å². The van der Waals surface area contributed by atoms with Crippen LogP contribution in [0.4, 0.5) is 0 Å². The Hall–Kier alpha value is -1.55. The van der Waals surface area contributed by atoms with Gasteiger partial charge in [0.2, 0.25) is 0 Å². The van der Waals surface area contributed by atoms with E-state index in [-0.39, 0.29) is 5.54 Å². The number of methoxy groups -OCH3 is 2. The normalized spacial score (nSPS) is 16.4. The molecule has 1 fully saturated rings. The summed E-state index contributed by atoms with van der Waals surface area (Å²) < 4.78 is 10.6. The summed E-state index contributed by atoms with van der Waals surface area (Å²) in [6.07, 6.45) is 3.59. The molecule has 92 valence electrons. The van der Waals surface area contributed by atoms with Gasteiger partial charge >= 0.3 is 0 Å². The molecular weight excluding hydrogens is 218 g/mol. The largest absolute Gasteiger partial charge is 0.493 e. The quantitative estimate of drug-likeness (QED) is 0.786. The summed E-state index contributed by atoms with van der Waals surface area (Å²) >= 11 is 0. The van der Waals surface area contributed by atoms with Crippen LogP contribution in [-0.2, 0) is 6.42 Å². The van der Waals surface area contributed by atoms with Gasteiger partial charge in [-0.1, -0.05) is 6.07 Å². The lowest BCUT2D eigenvalue weighted by molar-refractivity contribution is 0.112. The van der Waals surface area contributed by atoms with E-state index in [2.05, 4.69) is 0 Å². The Morgan fingerprint density at radius 2 is 1.94 bits per heavy atom. The molecule has 0 aromatic heterocycles. The summed E-state index contributed by atoms with van der Waals surface area (Å²) in [4.78, 5) is 10.9. The number of aldehydes is 1. The Morgan fingerprint density at radius 1 is 1.29 bits per heavy atom.